The van der Waals surface area contributed by atoms with E-state index >= 15 is 0 Å². The van der Waals surface area contributed by atoms with Gasteiger partial charge in [-0.05, 0) is 25.5 Å². The summed E-state index contributed by atoms with van der Waals surface area (Å²) in [7, 11) is 3.93. The van der Waals surface area contributed by atoms with Gasteiger partial charge in [-0.1, -0.05) is 18.2 Å². The number of para-hydroxylation sites is 1. The van der Waals surface area contributed by atoms with E-state index in [2.05, 4.69) is 47.3 Å². The first-order chi connectivity index (χ1) is 10.4. The second-order valence-corrected chi connectivity index (χ2v) is 6.43. The van der Waals surface area contributed by atoms with Gasteiger partial charge in [-0.3, -0.25) is 0 Å². The number of fused-ring (bicyclic) bond motifs is 1. The molecule has 1 aromatic heterocycles. The highest BCUT2D eigenvalue weighted by atomic mass is 16.5. The number of anilines is 2. The minimum atomic E-state index is -0.125. The highest BCUT2D eigenvalue weighted by molar-refractivity contribution is 5.48. The van der Waals surface area contributed by atoms with Crippen LogP contribution in [0.25, 0.3) is 0 Å². The van der Waals surface area contributed by atoms with Crippen LogP contribution in [-0.4, -0.2) is 29.7 Å². The molecule has 1 aliphatic heterocycles. The SMILES string of the molecule is CN(C)c1ccnc(NCc2cccc3c2OC(C)(C)C3)n1. The standard InChI is InChI=1S/C17H22N4O/c1-17(2)10-12-6-5-7-13(15(12)22-17)11-19-16-18-9-8-14(20-16)21(3)4/h5-9H,10-11H2,1-4H3,(H,18,19,20). The van der Waals surface area contributed by atoms with Crippen LogP contribution in [-0.2, 0) is 13.0 Å². The van der Waals surface area contributed by atoms with Crippen molar-refractivity contribution < 1.29 is 4.74 Å². The van der Waals surface area contributed by atoms with Crippen molar-refractivity contribution in [2.24, 2.45) is 0 Å². The Morgan fingerprint density at radius 1 is 1.27 bits per heavy atom. The quantitative estimate of drug-likeness (QED) is 0.940. The molecule has 0 unspecified atom stereocenters. The molecule has 5 nitrogen and oxygen atoms in total. The molecular formula is C17H22N4O. The molecule has 1 aliphatic rings. The van der Waals surface area contributed by atoms with Crippen molar-refractivity contribution in [1.29, 1.82) is 0 Å². The lowest BCUT2D eigenvalue weighted by Crippen LogP contribution is -2.25. The number of hydrogen-bond acceptors (Lipinski definition) is 5. The maximum Gasteiger partial charge on any atom is 0.224 e. The first-order valence-corrected chi connectivity index (χ1v) is 7.49. The van der Waals surface area contributed by atoms with E-state index in [9.17, 15) is 0 Å². The molecular weight excluding hydrogens is 276 g/mol. The molecule has 1 N–H and O–H groups in total. The zero-order valence-corrected chi connectivity index (χ0v) is 13.6. The second kappa shape index (κ2) is 5.48. The summed E-state index contributed by atoms with van der Waals surface area (Å²) in [6.07, 6.45) is 2.71. The Kier molecular flexibility index (Phi) is 3.64. The fourth-order valence-electron chi connectivity index (χ4n) is 2.68. The van der Waals surface area contributed by atoms with Crippen LogP contribution in [0.3, 0.4) is 0 Å². The van der Waals surface area contributed by atoms with E-state index in [1.54, 1.807) is 6.20 Å². The normalized spacial score (nSPS) is 15.1. The van der Waals surface area contributed by atoms with Gasteiger partial charge in [-0.2, -0.15) is 4.98 Å². The summed E-state index contributed by atoms with van der Waals surface area (Å²) in [6, 6.07) is 8.19. The van der Waals surface area contributed by atoms with Crippen molar-refractivity contribution in [3.63, 3.8) is 0 Å². The van der Waals surface area contributed by atoms with Crippen molar-refractivity contribution >= 4 is 11.8 Å². The highest BCUT2D eigenvalue weighted by Crippen LogP contribution is 2.37. The molecule has 0 amide bonds. The van der Waals surface area contributed by atoms with Crippen molar-refractivity contribution in [3.05, 3.63) is 41.6 Å². The molecule has 1 aromatic carbocycles. The monoisotopic (exact) mass is 298 g/mol. The Hall–Kier alpha value is -2.30. The predicted octanol–water partition coefficient (Wildman–Crippen LogP) is 2.87. The summed E-state index contributed by atoms with van der Waals surface area (Å²) in [5.74, 6) is 2.51. The van der Waals surface area contributed by atoms with Gasteiger partial charge in [0.05, 0.1) is 0 Å². The van der Waals surface area contributed by atoms with E-state index < -0.39 is 0 Å². The van der Waals surface area contributed by atoms with E-state index in [1.165, 1.54) is 5.56 Å². The first-order valence-electron chi connectivity index (χ1n) is 7.49. The topological polar surface area (TPSA) is 50.3 Å². The van der Waals surface area contributed by atoms with E-state index in [-0.39, 0.29) is 5.60 Å². The van der Waals surface area contributed by atoms with Gasteiger partial charge in [-0.15, -0.1) is 0 Å². The molecule has 116 valence electrons. The molecule has 0 spiro atoms. The average Bonchev–Trinajstić information content (AvgIpc) is 2.79. The zero-order chi connectivity index (χ0) is 15.7. The van der Waals surface area contributed by atoms with Crippen molar-refractivity contribution in [3.8, 4) is 5.75 Å². The van der Waals surface area contributed by atoms with Crippen molar-refractivity contribution in [2.45, 2.75) is 32.4 Å². The van der Waals surface area contributed by atoms with Crippen LogP contribution >= 0.6 is 0 Å². The average molecular weight is 298 g/mol. The maximum atomic E-state index is 6.09. The largest absolute Gasteiger partial charge is 0.487 e. The molecule has 0 bridgehead atoms. The Morgan fingerprint density at radius 2 is 2.09 bits per heavy atom. The summed E-state index contributed by atoms with van der Waals surface area (Å²) in [5.41, 5.74) is 2.29. The van der Waals surface area contributed by atoms with Crippen LogP contribution in [0.2, 0.25) is 0 Å². The van der Waals surface area contributed by atoms with Gasteiger partial charge in [0, 0.05) is 38.8 Å². The molecule has 0 aliphatic carbocycles. The molecule has 5 heteroatoms. The van der Waals surface area contributed by atoms with Crippen LogP contribution in [0.1, 0.15) is 25.0 Å². The summed E-state index contributed by atoms with van der Waals surface area (Å²) < 4.78 is 6.09. The van der Waals surface area contributed by atoms with Crippen LogP contribution in [0.5, 0.6) is 5.75 Å². The van der Waals surface area contributed by atoms with Gasteiger partial charge in [0.2, 0.25) is 5.95 Å². The summed E-state index contributed by atoms with van der Waals surface area (Å²) >= 11 is 0. The van der Waals surface area contributed by atoms with Crippen LogP contribution < -0.4 is 15.0 Å². The second-order valence-electron chi connectivity index (χ2n) is 6.43. The molecule has 22 heavy (non-hydrogen) atoms. The lowest BCUT2D eigenvalue weighted by atomic mass is 10.0. The smallest absolute Gasteiger partial charge is 0.224 e. The molecule has 2 aromatic rings. The van der Waals surface area contributed by atoms with E-state index in [0.717, 1.165) is 23.6 Å². The first kappa shape index (κ1) is 14.6. The number of benzene rings is 1. The Labute approximate surface area is 131 Å². The molecule has 3 rings (SSSR count). The molecule has 2 heterocycles. The lowest BCUT2D eigenvalue weighted by Gasteiger charge is -2.18. The number of nitrogens with zero attached hydrogens (tertiary/aromatic N) is 3. The van der Waals surface area contributed by atoms with Gasteiger partial charge in [-0.25, -0.2) is 4.98 Å². The molecule has 0 saturated carbocycles. The highest BCUT2D eigenvalue weighted by Gasteiger charge is 2.31. The van der Waals surface area contributed by atoms with Crippen LogP contribution in [0.4, 0.5) is 11.8 Å². The Morgan fingerprint density at radius 3 is 2.86 bits per heavy atom. The van der Waals surface area contributed by atoms with Crippen molar-refractivity contribution in [2.75, 3.05) is 24.3 Å². The van der Waals surface area contributed by atoms with Crippen molar-refractivity contribution in [1.82, 2.24) is 9.97 Å². The summed E-state index contributed by atoms with van der Waals surface area (Å²) in [4.78, 5) is 10.7. The third-order valence-corrected chi connectivity index (χ3v) is 3.71. The van der Waals surface area contributed by atoms with Gasteiger partial charge < -0.3 is 15.0 Å². The number of aromatic nitrogens is 2. The number of nitrogens with one attached hydrogen (secondary N) is 1. The van der Waals surface area contributed by atoms with E-state index in [4.69, 9.17) is 4.74 Å². The number of ether oxygens (including phenoxy) is 1. The zero-order valence-electron chi connectivity index (χ0n) is 13.6. The third kappa shape index (κ3) is 2.98. The lowest BCUT2D eigenvalue weighted by molar-refractivity contribution is 0.137. The van der Waals surface area contributed by atoms with E-state index in [0.29, 0.717) is 12.5 Å². The predicted molar refractivity (Wildman–Crippen MR) is 88.5 cm³/mol. The van der Waals surface area contributed by atoms with Gasteiger partial charge in [0.15, 0.2) is 0 Å². The maximum absolute atomic E-state index is 6.09. The molecule has 0 radical (unpaired) electrons. The molecule has 0 fully saturated rings. The number of rotatable bonds is 4. The number of hydrogen-bond donors (Lipinski definition) is 1. The fraction of sp³-hybridized carbons (Fsp3) is 0.412. The fourth-order valence-corrected chi connectivity index (χ4v) is 2.68. The minimum Gasteiger partial charge on any atom is -0.487 e. The van der Waals surface area contributed by atoms with E-state index in [1.807, 2.05) is 25.1 Å². The summed E-state index contributed by atoms with van der Waals surface area (Å²) in [6.45, 7) is 4.89. The third-order valence-electron chi connectivity index (χ3n) is 3.71. The van der Waals surface area contributed by atoms with Gasteiger partial charge in [0.1, 0.15) is 17.2 Å². The van der Waals surface area contributed by atoms with Gasteiger partial charge in [0.25, 0.3) is 0 Å². The summed E-state index contributed by atoms with van der Waals surface area (Å²) in [5, 5.41) is 3.28. The Bertz CT molecular complexity index is 682. The minimum absolute atomic E-state index is 0.125. The van der Waals surface area contributed by atoms with Gasteiger partial charge >= 0.3 is 0 Å². The Balaban J connectivity index is 1.76. The van der Waals surface area contributed by atoms with Crippen LogP contribution in [0.15, 0.2) is 30.5 Å². The molecule has 0 atom stereocenters. The molecule has 0 saturated heterocycles. The van der Waals surface area contributed by atoms with Crippen LogP contribution in [0, 0.1) is 0 Å².